The van der Waals surface area contributed by atoms with Crippen molar-refractivity contribution in [1.82, 2.24) is 4.31 Å². The third-order valence-corrected chi connectivity index (χ3v) is 7.43. The standard InChI is InChI=1S/C23H21Cl3N2O3S/c1-15-3-8-20(9-4-15)32(30,31)28(13-17-5-6-19(25)12-21(17)26)14-23(29)27-22-10-7-18(24)11-16(22)2/h3-12H,13-14H2,1-2H3,(H,27,29). The van der Waals surface area contributed by atoms with Crippen molar-refractivity contribution in [3.8, 4) is 0 Å². The minimum Gasteiger partial charge on any atom is -0.325 e. The number of aryl methyl sites for hydroxylation is 2. The van der Waals surface area contributed by atoms with Crippen LogP contribution in [0.4, 0.5) is 5.69 Å². The highest BCUT2D eigenvalue weighted by Crippen LogP contribution is 2.26. The van der Waals surface area contributed by atoms with Gasteiger partial charge in [-0.25, -0.2) is 8.42 Å². The third-order valence-electron chi connectivity index (χ3n) is 4.80. The molecule has 0 aliphatic rings. The van der Waals surface area contributed by atoms with Crippen LogP contribution >= 0.6 is 34.8 Å². The predicted octanol–water partition coefficient (Wildman–Crippen LogP) is 6.09. The molecule has 3 aromatic carbocycles. The van der Waals surface area contributed by atoms with E-state index in [-0.39, 0.29) is 11.4 Å². The minimum atomic E-state index is -3.99. The van der Waals surface area contributed by atoms with E-state index >= 15 is 0 Å². The van der Waals surface area contributed by atoms with Gasteiger partial charge >= 0.3 is 0 Å². The average molecular weight is 512 g/mol. The number of rotatable bonds is 7. The lowest BCUT2D eigenvalue weighted by Crippen LogP contribution is -2.37. The van der Waals surface area contributed by atoms with E-state index in [2.05, 4.69) is 5.32 Å². The Morgan fingerprint density at radius 3 is 2.16 bits per heavy atom. The Bertz CT molecular complexity index is 1250. The lowest BCUT2D eigenvalue weighted by atomic mass is 10.2. The van der Waals surface area contributed by atoms with Crippen LogP contribution in [0.1, 0.15) is 16.7 Å². The van der Waals surface area contributed by atoms with E-state index in [0.29, 0.717) is 26.3 Å². The van der Waals surface area contributed by atoms with E-state index in [9.17, 15) is 13.2 Å². The van der Waals surface area contributed by atoms with Crippen molar-refractivity contribution in [1.29, 1.82) is 0 Å². The normalized spacial score (nSPS) is 11.6. The fraction of sp³-hybridized carbons (Fsp3) is 0.174. The molecule has 0 bridgehead atoms. The Kier molecular flexibility index (Phi) is 7.85. The summed E-state index contributed by atoms with van der Waals surface area (Å²) in [5, 5.41) is 4.04. The maximum atomic E-state index is 13.4. The molecule has 5 nitrogen and oxygen atoms in total. The van der Waals surface area contributed by atoms with E-state index in [1.54, 1.807) is 49.4 Å². The fourth-order valence-electron chi connectivity index (χ4n) is 3.04. The number of carbonyl (C=O) groups is 1. The third kappa shape index (κ3) is 6.03. The SMILES string of the molecule is Cc1ccc(S(=O)(=O)N(CC(=O)Nc2ccc(Cl)cc2C)Cc2ccc(Cl)cc2Cl)cc1. The maximum absolute atomic E-state index is 13.4. The number of hydrogen-bond acceptors (Lipinski definition) is 3. The zero-order valence-corrected chi connectivity index (χ0v) is 20.5. The second-order valence-electron chi connectivity index (χ2n) is 7.33. The molecule has 0 aliphatic carbocycles. The van der Waals surface area contributed by atoms with E-state index in [0.717, 1.165) is 15.4 Å². The Morgan fingerprint density at radius 2 is 1.53 bits per heavy atom. The molecule has 0 radical (unpaired) electrons. The number of anilines is 1. The van der Waals surface area contributed by atoms with Crippen molar-refractivity contribution in [2.75, 3.05) is 11.9 Å². The van der Waals surface area contributed by atoms with Gasteiger partial charge in [0.25, 0.3) is 0 Å². The van der Waals surface area contributed by atoms with Gasteiger partial charge in [0.2, 0.25) is 15.9 Å². The number of amides is 1. The van der Waals surface area contributed by atoms with Gasteiger partial charge in [-0.15, -0.1) is 0 Å². The largest absolute Gasteiger partial charge is 0.325 e. The number of nitrogens with zero attached hydrogens (tertiary/aromatic N) is 1. The van der Waals surface area contributed by atoms with Crippen LogP contribution in [0.3, 0.4) is 0 Å². The van der Waals surface area contributed by atoms with Gasteiger partial charge in [0.15, 0.2) is 0 Å². The Balaban J connectivity index is 1.92. The molecule has 0 aliphatic heterocycles. The lowest BCUT2D eigenvalue weighted by Gasteiger charge is -2.23. The van der Waals surface area contributed by atoms with Crippen molar-refractivity contribution in [3.05, 3.63) is 92.4 Å². The van der Waals surface area contributed by atoms with Gasteiger partial charge in [-0.1, -0.05) is 58.6 Å². The maximum Gasteiger partial charge on any atom is 0.243 e. The van der Waals surface area contributed by atoms with E-state index in [1.807, 2.05) is 6.92 Å². The Morgan fingerprint density at radius 1 is 0.906 bits per heavy atom. The highest BCUT2D eigenvalue weighted by atomic mass is 35.5. The van der Waals surface area contributed by atoms with E-state index < -0.39 is 22.5 Å². The monoisotopic (exact) mass is 510 g/mol. The molecule has 0 unspecified atom stereocenters. The van der Waals surface area contributed by atoms with Crippen LogP contribution in [-0.4, -0.2) is 25.2 Å². The van der Waals surface area contributed by atoms with Crippen LogP contribution in [0.2, 0.25) is 15.1 Å². The smallest absolute Gasteiger partial charge is 0.243 e. The summed E-state index contributed by atoms with van der Waals surface area (Å²) in [7, 11) is -3.99. The van der Waals surface area contributed by atoms with Crippen molar-refractivity contribution >= 4 is 56.4 Å². The van der Waals surface area contributed by atoms with Crippen molar-refractivity contribution in [2.45, 2.75) is 25.3 Å². The molecule has 0 atom stereocenters. The molecule has 0 spiro atoms. The molecule has 0 saturated carbocycles. The zero-order valence-electron chi connectivity index (χ0n) is 17.4. The number of benzene rings is 3. The number of sulfonamides is 1. The van der Waals surface area contributed by atoms with Crippen LogP contribution in [0.5, 0.6) is 0 Å². The van der Waals surface area contributed by atoms with Crippen LogP contribution in [0.25, 0.3) is 0 Å². The van der Waals surface area contributed by atoms with Crippen LogP contribution in [0.15, 0.2) is 65.6 Å². The average Bonchev–Trinajstić information content (AvgIpc) is 2.71. The predicted molar refractivity (Wildman–Crippen MR) is 130 cm³/mol. The first-order chi connectivity index (χ1) is 15.1. The molecular weight excluding hydrogens is 491 g/mol. The first-order valence-corrected chi connectivity index (χ1v) is 12.2. The highest BCUT2D eigenvalue weighted by molar-refractivity contribution is 7.89. The number of nitrogens with one attached hydrogen (secondary N) is 1. The second-order valence-corrected chi connectivity index (χ2v) is 10.5. The topological polar surface area (TPSA) is 66.5 Å². The summed E-state index contributed by atoms with van der Waals surface area (Å²) in [6.07, 6.45) is 0. The van der Waals surface area contributed by atoms with E-state index in [1.165, 1.54) is 18.2 Å². The van der Waals surface area contributed by atoms with Crippen molar-refractivity contribution in [3.63, 3.8) is 0 Å². The molecule has 1 amide bonds. The molecule has 9 heteroatoms. The van der Waals surface area contributed by atoms with Crippen LogP contribution in [-0.2, 0) is 21.4 Å². The summed E-state index contributed by atoms with van der Waals surface area (Å²) < 4.78 is 27.9. The molecule has 3 aromatic rings. The number of hydrogen-bond donors (Lipinski definition) is 1. The van der Waals surface area contributed by atoms with Gasteiger partial charge in [-0.3, -0.25) is 4.79 Å². The highest BCUT2D eigenvalue weighted by Gasteiger charge is 2.28. The van der Waals surface area contributed by atoms with E-state index in [4.69, 9.17) is 34.8 Å². The zero-order chi connectivity index (χ0) is 23.5. The Hall–Kier alpha value is -2.09. The van der Waals surface area contributed by atoms with Gasteiger partial charge in [-0.05, 0) is 67.4 Å². The summed E-state index contributed by atoms with van der Waals surface area (Å²) in [5.74, 6) is -0.490. The first-order valence-electron chi connectivity index (χ1n) is 9.63. The van der Waals surface area contributed by atoms with Gasteiger partial charge in [0.05, 0.1) is 11.4 Å². The molecule has 0 heterocycles. The minimum absolute atomic E-state index is 0.0867. The Labute approximate surface area is 203 Å². The van der Waals surface area contributed by atoms with Crippen LogP contribution in [0, 0.1) is 13.8 Å². The molecule has 168 valence electrons. The molecule has 32 heavy (non-hydrogen) atoms. The van der Waals surface area contributed by atoms with Crippen LogP contribution < -0.4 is 5.32 Å². The van der Waals surface area contributed by atoms with Crippen molar-refractivity contribution < 1.29 is 13.2 Å². The molecule has 0 saturated heterocycles. The first kappa shape index (κ1) is 24.6. The molecule has 3 rings (SSSR count). The van der Waals surface area contributed by atoms with Gasteiger partial charge < -0.3 is 5.32 Å². The molecule has 0 fully saturated rings. The van der Waals surface area contributed by atoms with Gasteiger partial charge in [-0.2, -0.15) is 4.31 Å². The number of carbonyl (C=O) groups excluding carboxylic acids is 1. The van der Waals surface area contributed by atoms with Gasteiger partial charge in [0, 0.05) is 27.3 Å². The van der Waals surface area contributed by atoms with Crippen molar-refractivity contribution in [2.24, 2.45) is 0 Å². The summed E-state index contributed by atoms with van der Waals surface area (Å²) in [6, 6.07) is 16.3. The summed E-state index contributed by atoms with van der Waals surface area (Å²) in [6.45, 7) is 3.16. The fourth-order valence-corrected chi connectivity index (χ4v) is 5.11. The molecule has 1 N–H and O–H groups in total. The molecular formula is C23H21Cl3N2O3S. The number of halogens is 3. The summed E-state index contributed by atoms with van der Waals surface area (Å²) in [4.78, 5) is 12.9. The summed E-state index contributed by atoms with van der Waals surface area (Å²) >= 11 is 18.2. The second kappa shape index (κ2) is 10.2. The molecule has 0 aromatic heterocycles. The quantitative estimate of drug-likeness (QED) is 0.417. The van der Waals surface area contributed by atoms with Gasteiger partial charge in [0.1, 0.15) is 0 Å². The lowest BCUT2D eigenvalue weighted by molar-refractivity contribution is -0.116. The summed E-state index contributed by atoms with van der Waals surface area (Å²) in [5.41, 5.74) is 2.77.